The highest BCUT2D eigenvalue weighted by molar-refractivity contribution is 5.68. The van der Waals surface area contributed by atoms with Crippen LogP contribution in [0.25, 0.3) is 0 Å². The van der Waals surface area contributed by atoms with Crippen molar-refractivity contribution in [2.45, 2.75) is 76.7 Å². The first-order valence-corrected chi connectivity index (χ1v) is 14.4. The SMILES string of the molecule is CC(C)(C)OC(=O)N1C[C@H](O)[C@@H](c2ccc(OCCCOc3ccccc3C#N)cc2)[C@H](OC[C@H]2COC(C)(C)O2)C1. The van der Waals surface area contributed by atoms with Crippen LogP contribution in [0.2, 0.25) is 0 Å². The summed E-state index contributed by atoms with van der Waals surface area (Å²) in [5.74, 6) is 0.202. The maximum atomic E-state index is 12.9. The van der Waals surface area contributed by atoms with Gasteiger partial charge in [0, 0.05) is 12.3 Å². The number of likely N-dealkylation sites (tertiary alicyclic amines) is 1. The molecule has 42 heavy (non-hydrogen) atoms. The Morgan fingerprint density at radius 3 is 2.48 bits per heavy atom. The minimum Gasteiger partial charge on any atom is -0.493 e. The Hall–Kier alpha value is -3.36. The van der Waals surface area contributed by atoms with E-state index in [9.17, 15) is 15.2 Å². The summed E-state index contributed by atoms with van der Waals surface area (Å²) < 4.78 is 35.0. The number of nitriles is 1. The molecular weight excluding hydrogens is 540 g/mol. The molecule has 0 bridgehead atoms. The molecular formula is C32H42N2O8. The van der Waals surface area contributed by atoms with E-state index in [1.165, 1.54) is 4.90 Å². The molecule has 2 aliphatic heterocycles. The van der Waals surface area contributed by atoms with Crippen LogP contribution in [0, 0.1) is 11.3 Å². The lowest BCUT2D eigenvalue weighted by Gasteiger charge is -2.42. The maximum absolute atomic E-state index is 12.9. The van der Waals surface area contributed by atoms with E-state index in [1.54, 1.807) is 18.2 Å². The number of hydrogen-bond acceptors (Lipinski definition) is 9. The summed E-state index contributed by atoms with van der Waals surface area (Å²) in [6.45, 7) is 11.1. The summed E-state index contributed by atoms with van der Waals surface area (Å²) in [5, 5.41) is 20.4. The average molecular weight is 583 g/mol. The van der Waals surface area contributed by atoms with Gasteiger partial charge in [0.2, 0.25) is 0 Å². The van der Waals surface area contributed by atoms with Gasteiger partial charge in [-0.1, -0.05) is 24.3 Å². The number of para-hydroxylation sites is 1. The van der Waals surface area contributed by atoms with Crippen molar-refractivity contribution in [2.24, 2.45) is 0 Å². The topological polar surface area (TPSA) is 120 Å². The largest absolute Gasteiger partial charge is 0.493 e. The molecule has 4 rings (SSSR count). The molecule has 1 N–H and O–H groups in total. The van der Waals surface area contributed by atoms with E-state index in [2.05, 4.69) is 6.07 Å². The molecule has 0 aromatic heterocycles. The second kappa shape index (κ2) is 13.7. The van der Waals surface area contributed by atoms with Crippen LogP contribution in [-0.2, 0) is 18.9 Å². The maximum Gasteiger partial charge on any atom is 0.410 e. The fraction of sp³-hybridized carbons (Fsp3) is 0.562. The highest BCUT2D eigenvalue weighted by Gasteiger charge is 2.42. The smallest absolute Gasteiger partial charge is 0.410 e. The highest BCUT2D eigenvalue weighted by atomic mass is 16.7. The first-order chi connectivity index (χ1) is 19.9. The number of benzene rings is 2. The van der Waals surface area contributed by atoms with Crippen LogP contribution >= 0.6 is 0 Å². The minimum atomic E-state index is -0.867. The van der Waals surface area contributed by atoms with Crippen molar-refractivity contribution in [2.75, 3.05) is 39.5 Å². The van der Waals surface area contributed by atoms with Gasteiger partial charge in [-0.2, -0.15) is 5.26 Å². The molecule has 2 fully saturated rings. The number of piperidine rings is 1. The van der Waals surface area contributed by atoms with Crippen molar-refractivity contribution in [1.82, 2.24) is 4.90 Å². The van der Waals surface area contributed by atoms with Gasteiger partial charge in [0.05, 0.1) is 57.3 Å². The molecule has 0 spiro atoms. The van der Waals surface area contributed by atoms with Crippen LogP contribution in [0.4, 0.5) is 4.79 Å². The van der Waals surface area contributed by atoms with Gasteiger partial charge < -0.3 is 38.4 Å². The summed E-state index contributed by atoms with van der Waals surface area (Å²) in [6.07, 6.45) is -1.45. The molecule has 0 aliphatic carbocycles. The number of β-amino-alcohol motifs (C(OH)–C–C–N with tert-alkyl or cyclic N) is 1. The standard InChI is InChI=1S/C32H42N2O8/c1-31(2,3)42-30(36)34-18-26(35)29(28(19-34)39-20-25-21-40-32(4,5)41-25)22-11-13-24(14-12-22)37-15-8-16-38-27-10-7-6-9-23(27)17-33/h6-7,9-14,25-26,28-29,35H,8,15-16,18-21H2,1-5H3/t25-,26-,28+,29+/m0/s1. The van der Waals surface area contributed by atoms with E-state index < -0.39 is 29.7 Å². The van der Waals surface area contributed by atoms with Gasteiger partial charge >= 0.3 is 6.09 Å². The fourth-order valence-electron chi connectivity index (χ4n) is 5.04. The van der Waals surface area contributed by atoms with Gasteiger partial charge in [0.15, 0.2) is 5.79 Å². The Balaban J connectivity index is 1.36. The molecule has 2 aromatic carbocycles. The summed E-state index contributed by atoms with van der Waals surface area (Å²) in [6, 6.07) is 16.8. The van der Waals surface area contributed by atoms with Crippen LogP contribution in [0.15, 0.2) is 48.5 Å². The van der Waals surface area contributed by atoms with E-state index in [0.29, 0.717) is 43.3 Å². The van der Waals surface area contributed by atoms with Crippen molar-refractivity contribution >= 4 is 6.09 Å². The lowest BCUT2D eigenvalue weighted by Crippen LogP contribution is -2.55. The molecule has 1 amide bonds. The Morgan fingerprint density at radius 1 is 1.10 bits per heavy atom. The number of carbonyl (C=O) groups excluding carboxylic acids is 1. The van der Waals surface area contributed by atoms with Gasteiger partial charge in [-0.25, -0.2) is 4.79 Å². The van der Waals surface area contributed by atoms with E-state index in [4.69, 9.17) is 28.4 Å². The van der Waals surface area contributed by atoms with Crippen LogP contribution in [0.5, 0.6) is 11.5 Å². The molecule has 10 nitrogen and oxygen atoms in total. The van der Waals surface area contributed by atoms with Crippen molar-refractivity contribution in [3.05, 3.63) is 59.7 Å². The average Bonchev–Trinajstić information content (AvgIpc) is 3.29. The van der Waals surface area contributed by atoms with E-state index >= 15 is 0 Å². The lowest BCUT2D eigenvalue weighted by molar-refractivity contribution is -0.152. The second-order valence-corrected chi connectivity index (χ2v) is 12.0. The third-order valence-corrected chi connectivity index (χ3v) is 6.93. The zero-order valence-electron chi connectivity index (χ0n) is 25.1. The third-order valence-electron chi connectivity index (χ3n) is 6.93. The quantitative estimate of drug-likeness (QED) is 0.400. The van der Waals surface area contributed by atoms with Crippen LogP contribution in [0.3, 0.4) is 0 Å². The molecule has 10 heteroatoms. The van der Waals surface area contributed by atoms with Crippen molar-refractivity contribution < 1.29 is 38.3 Å². The number of aliphatic hydroxyl groups is 1. The Morgan fingerprint density at radius 2 is 1.81 bits per heavy atom. The number of ether oxygens (including phenoxy) is 6. The first kappa shape index (κ1) is 31.6. The lowest BCUT2D eigenvalue weighted by atomic mass is 9.84. The summed E-state index contributed by atoms with van der Waals surface area (Å²) >= 11 is 0. The Labute approximate surface area is 248 Å². The molecule has 2 aromatic rings. The van der Waals surface area contributed by atoms with Crippen molar-refractivity contribution in [3.63, 3.8) is 0 Å². The van der Waals surface area contributed by atoms with Gasteiger partial charge in [0.1, 0.15) is 29.3 Å². The minimum absolute atomic E-state index is 0.128. The van der Waals surface area contributed by atoms with E-state index in [1.807, 2.05) is 65.0 Å². The first-order valence-electron chi connectivity index (χ1n) is 14.4. The fourth-order valence-corrected chi connectivity index (χ4v) is 5.04. The van der Waals surface area contributed by atoms with Gasteiger partial charge in [-0.05, 0) is 64.4 Å². The normalized spacial score (nSPS) is 23.7. The van der Waals surface area contributed by atoms with E-state index in [0.717, 1.165) is 5.56 Å². The highest BCUT2D eigenvalue weighted by Crippen LogP contribution is 2.33. The molecule has 0 unspecified atom stereocenters. The number of amides is 1. The molecule has 228 valence electrons. The number of nitrogens with zero attached hydrogens (tertiary/aromatic N) is 2. The zero-order chi connectivity index (χ0) is 30.3. The van der Waals surface area contributed by atoms with E-state index in [-0.39, 0.29) is 31.7 Å². The molecule has 0 radical (unpaired) electrons. The summed E-state index contributed by atoms with van der Waals surface area (Å²) in [4.78, 5) is 14.4. The number of carbonyl (C=O) groups is 1. The van der Waals surface area contributed by atoms with Gasteiger partial charge in [-0.15, -0.1) is 0 Å². The molecule has 2 saturated heterocycles. The van der Waals surface area contributed by atoms with Crippen molar-refractivity contribution in [1.29, 1.82) is 5.26 Å². The molecule has 0 saturated carbocycles. The molecule has 4 atom stereocenters. The number of hydrogen-bond donors (Lipinski definition) is 1. The van der Waals surface area contributed by atoms with Gasteiger partial charge in [0.25, 0.3) is 0 Å². The van der Waals surface area contributed by atoms with Crippen LogP contribution in [-0.4, -0.2) is 85.3 Å². The zero-order valence-corrected chi connectivity index (χ0v) is 25.1. The van der Waals surface area contributed by atoms with Crippen molar-refractivity contribution in [3.8, 4) is 17.6 Å². The summed E-state index contributed by atoms with van der Waals surface area (Å²) in [7, 11) is 0. The second-order valence-electron chi connectivity index (χ2n) is 12.0. The van der Waals surface area contributed by atoms with Gasteiger partial charge in [-0.3, -0.25) is 0 Å². The Kier molecular flexibility index (Phi) is 10.3. The monoisotopic (exact) mass is 582 g/mol. The number of aliphatic hydroxyl groups excluding tert-OH is 1. The third kappa shape index (κ3) is 8.82. The predicted octanol–water partition coefficient (Wildman–Crippen LogP) is 4.64. The summed E-state index contributed by atoms with van der Waals surface area (Å²) in [5.41, 5.74) is 0.728. The predicted molar refractivity (Wildman–Crippen MR) is 154 cm³/mol. The number of rotatable bonds is 10. The Bertz CT molecular complexity index is 1220. The van der Waals surface area contributed by atoms with Crippen LogP contribution < -0.4 is 9.47 Å². The molecule has 2 heterocycles. The molecule has 2 aliphatic rings. The van der Waals surface area contributed by atoms with Crippen LogP contribution in [0.1, 0.15) is 58.1 Å².